The maximum atomic E-state index is 10.9. The maximum absolute atomic E-state index is 10.9. The van der Waals surface area contributed by atoms with Crippen molar-refractivity contribution < 1.29 is 14.6 Å². The largest absolute Gasteiger partial charge is 0.465 e. The van der Waals surface area contributed by atoms with E-state index in [9.17, 15) is 4.79 Å². The predicted molar refractivity (Wildman–Crippen MR) is 48.7 cm³/mol. The van der Waals surface area contributed by atoms with Crippen LogP contribution < -0.4 is 0 Å². The normalized spacial score (nSPS) is 26.1. The summed E-state index contributed by atoms with van der Waals surface area (Å²) in [7, 11) is 0. The zero-order chi connectivity index (χ0) is 10.2. The number of halogens is 1. The van der Waals surface area contributed by atoms with Crippen molar-refractivity contribution in [1.82, 2.24) is 4.90 Å². The molecule has 1 unspecified atom stereocenters. The van der Waals surface area contributed by atoms with Crippen molar-refractivity contribution in [3.63, 3.8) is 0 Å². The van der Waals surface area contributed by atoms with Crippen LogP contribution in [0.3, 0.4) is 0 Å². The van der Waals surface area contributed by atoms with E-state index < -0.39 is 17.9 Å². The fourth-order valence-electron chi connectivity index (χ4n) is 1.40. The minimum Gasteiger partial charge on any atom is -0.465 e. The summed E-state index contributed by atoms with van der Waals surface area (Å²) in [5.41, 5.74) is -0.825. The van der Waals surface area contributed by atoms with E-state index in [2.05, 4.69) is 6.58 Å². The molecule has 1 saturated heterocycles. The Bertz CT molecular complexity index is 252. The van der Waals surface area contributed by atoms with E-state index in [-0.39, 0.29) is 11.6 Å². The molecule has 0 aromatic heterocycles. The Morgan fingerprint density at radius 3 is 2.62 bits per heavy atom. The van der Waals surface area contributed by atoms with E-state index in [0.717, 1.165) is 0 Å². The average Bonchev–Trinajstić information content (AvgIpc) is 2.24. The van der Waals surface area contributed by atoms with Gasteiger partial charge in [-0.15, -0.1) is 0 Å². The fraction of sp³-hybridized carbons (Fsp3) is 0.625. The number of hydrogen-bond donors (Lipinski definition) is 1. The minimum absolute atomic E-state index is 0.266. The van der Waals surface area contributed by atoms with Gasteiger partial charge in [0.1, 0.15) is 5.72 Å². The van der Waals surface area contributed by atoms with Crippen LogP contribution in [-0.2, 0) is 4.74 Å². The number of carbonyl (C=O) groups is 1. The first-order valence-electron chi connectivity index (χ1n) is 3.87. The number of carboxylic acid groups (broad SMARTS) is 1. The molecule has 1 atom stereocenters. The zero-order valence-corrected chi connectivity index (χ0v) is 8.34. The van der Waals surface area contributed by atoms with E-state index in [1.807, 2.05) is 0 Å². The smallest absolute Gasteiger partial charge is 0.410 e. The molecule has 0 aromatic rings. The monoisotopic (exact) mass is 205 g/mol. The van der Waals surface area contributed by atoms with Crippen molar-refractivity contribution in [3.05, 3.63) is 11.6 Å². The van der Waals surface area contributed by atoms with E-state index in [4.69, 9.17) is 21.4 Å². The Morgan fingerprint density at radius 1 is 1.77 bits per heavy atom. The molecule has 13 heavy (non-hydrogen) atoms. The molecule has 5 heteroatoms. The van der Waals surface area contributed by atoms with Gasteiger partial charge in [-0.05, 0) is 13.8 Å². The van der Waals surface area contributed by atoms with Gasteiger partial charge in [-0.2, -0.15) is 0 Å². The highest BCUT2D eigenvalue weighted by Gasteiger charge is 2.44. The second-order valence-electron chi connectivity index (χ2n) is 3.37. The molecule has 1 N–H and O–H groups in total. The standard InChI is InChI=1S/C8H12ClNO3/c1-5(9)6-4-13-8(2,3)10(6)7(11)12/h6H,1,4H2,2-3H3,(H,11,12). The van der Waals surface area contributed by atoms with E-state index in [1.54, 1.807) is 13.8 Å². The first-order valence-corrected chi connectivity index (χ1v) is 4.24. The van der Waals surface area contributed by atoms with Crippen LogP contribution >= 0.6 is 11.6 Å². The molecule has 0 aromatic carbocycles. The molecule has 74 valence electrons. The number of ether oxygens (including phenoxy) is 1. The lowest BCUT2D eigenvalue weighted by Gasteiger charge is -2.30. The van der Waals surface area contributed by atoms with Crippen molar-refractivity contribution in [1.29, 1.82) is 0 Å². The SMILES string of the molecule is C=C(Cl)C1COC(C)(C)N1C(=O)O. The van der Waals surface area contributed by atoms with E-state index >= 15 is 0 Å². The van der Waals surface area contributed by atoms with Gasteiger partial charge >= 0.3 is 6.09 Å². The third kappa shape index (κ3) is 1.78. The van der Waals surface area contributed by atoms with Gasteiger partial charge in [0, 0.05) is 5.03 Å². The highest BCUT2D eigenvalue weighted by Crippen LogP contribution is 2.31. The second kappa shape index (κ2) is 3.20. The Kier molecular flexibility index (Phi) is 2.54. The number of nitrogens with zero attached hydrogens (tertiary/aromatic N) is 1. The topological polar surface area (TPSA) is 49.8 Å². The summed E-state index contributed by atoms with van der Waals surface area (Å²) >= 11 is 5.67. The summed E-state index contributed by atoms with van der Waals surface area (Å²) in [6, 6.07) is -0.450. The van der Waals surface area contributed by atoms with Gasteiger partial charge in [-0.3, -0.25) is 4.90 Å². The molecule has 0 saturated carbocycles. The third-order valence-electron chi connectivity index (χ3n) is 2.05. The third-order valence-corrected chi connectivity index (χ3v) is 2.31. The number of hydrogen-bond acceptors (Lipinski definition) is 2. The Hall–Kier alpha value is -0.740. The molecule has 1 fully saturated rings. The fourth-order valence-corrected chi connectivity index (χ4v) is 1.56. The van der Waals surface area contributed by atoms with E-state index in [1.165, 1.54) is 4.90 Å². The van der Waals surface area contributed by atoms with Crippen LogP contribution in [0.5, 0.6) is 0 Å². The van der Waals surface area contributed by atoms with Crippen LogP contribution in [-0.4, -0.2) is 34.5 Å². The first kappa shape index (κ1) is 10.3. The second-order valence-corrected chi connectivity index (χ2v) is 3.86. The zero-order valence-electron chi connectivity index (χ0n) is 7.58. The van der Waals surface area contributed by atoms with E-state index in [0.29, 0.717) is 0 Å². The van der Waals surface area contributed by atoms with Gasteiger partial charge < -0.3 is 9.84 Å². The molecule has 1 heterocycles. The Morgan fingerprint density at radius 2 is 2.31 bits per heavy atom. The van der Waals surface area contributed by atoms with Crippen molar-refractivity contribution in [2.24, 2.45) is 0 Å². The summed E-state index contributed by atoms with van der Waals surface area (Å²) in [5.74, 6) is 0. The lowest BCUT2D eigenvalue weighted by Crippen LogP contribution is -2.47. The first-order chi connectivity index (χ1) is 5.86. The summed E-state index contributed by atoms with van der Waals surface area (Å²) in [5, 5.41) is 9.20. The molecular formula is C8H12ClNO3. The molecule has 0 spiro atoms. The van der Waals surface area contributed by atoms with Gasteiger partial charge in [-0.25, -0.2) is 4.79 Å². The van der Waals surface area contributed by atoms with Gasteiger partial charge in [-0.1, -0.05) is 18.2 Å². The van der Waals surface area contributed by atoms with Crippen molar-refractivity contribution in [2.75, 3.05) is 6.61 Å². The highest BCUT2D eigenvalue weighted by atomic mass is 35.5. The Balaban J connectivity index is 2.92. The van der Waals surface area contributed by atoms with Crippen LogP contribution in [0.25, 0.3) is 0 Å². The molecule has 0 bridgehead atoms. The molecular weight excluding hydrogens is 194 g/mol. The predicted octanol–water partition coefficient (Wildman–Crippen LogP) is 1.85. The van der Waals surface area contributed by atoms with Crippen molar-refractivity contribution in [3.8, 4) is 0 Å². The van der Waals surface area contributed by atoms with Crippen LogP contribution in [0, 0.1) is 0 Å². The quantitative estimate of drug-likeness (QED) is 0.711. The molecule has 1 rings (SSSR count). The molecule has 1 amide bonds. The van der Waals surface area contributed by atoms with Gasteiger partial charge in [0.25, 0.3) is 0 Å². The van der Waals surface area contributed by atoms with Crippen LogP contribution in [0.4, 0.5) is 4.79 Å². The molecule has 0 radical (unpaired) electrons. The van der Waals surface area contributed by atoms with Crippen molar-refractivity contribution in [2.45, 2.75) is 25.6 Å². The molecule has 0 aliphatic carbocycles. The minimum atomic E-state index is -1.05. The number of amides is 1. The van der Waals surface area contributed by atoms with Crippen molar-refractivity contribution >= 4 is 17.7 Å². The number of rotatable bonds is 1. The molecule has 4 nitrogen and oxygen atoms in total. The van der Waals surface area contributed by atoms with Gasteiger partial charge in [0.05, 0.1) is 12.6 Å². The summed E-state index contributed by atoms with van der Waals surface area (Å²) < 4.78 is 5.29. The summed E-state index contributed by atoms with van der Waals surface area (Å²) in [4.78, 5) is 12.0. The Labute approximate surface area is 81.7 Å². The lowest BCUT2D eigenvalue weighted by atomic mass is 10.2. The molecule has 1 aliphatic heterocycles. The van der Waals surface area contributed by atoms with Gasteiger partial charge in [0.15, 0.2) is 0 Å². The maximum Gasteiger partial charge on any atom is 0.410 e. The highest BCUT2D eigenvalue weighted by molar-refractivity contribution is 6.30. The van der Waals surface area contributed by atoms with Gasteiger partial charge in [0.2, 0.25) is 0 Å². The van der Waals surface area contributed by atoms with Crippen LogP contribution in [0.1, 0.15) is 13.8 Å². The summed E-state index contributed by atoms with van der Waals surface area (Å²) in [6.07, 6.45) is -1.05. The average molecular weight is 206 g/mol. The summed E-state index contributed by atoms with van der Waals surface area (Å²) in [6.45, 7) is 7.14. The van der Waals surface area contributed by atoms with Crippen LogP contribution in [0.15, 0.2) is 11.6 Å². The lowest BCUT2D eigenvalue weighted by molar-refractivity contribution is -0.0410. The molecule has 1 aliphatic rings. The van der Waals surface area contributed by atoms with Crippen LogP contribution in [0.2, 0.25) is 0 Å².